The van der Waals surface area contributed by atoms with Crippen molar-refractivity contribution in [2.45, 2.75) is 26.8 Å². The predicted molar refractivity (Wildman–Crippen MR) is 82.8 cm³/mol. The zero-order valence-electron chi connectivity index (χ0n) is 12.1. The van der Waals surface area contributed by atoms with Gasteiger partial charge in [-0.15, -0.1) is 11.3 Å². The fourth-order valence-corrected chi connectivity index (χ4v) is 3.19. The molecule has 0 bridgehead atoms. The average molecular weight is 304 g/mol. The van der Waals surface area contributed by atoms with E-state index >= 15 is 0 Å². The van der Waals surface area contributed by atoms with Crippen LogP contribution in [0, 0.1) is 6.92 Å². The SMILES string of the molecule is CCc1nc(N(C)Cc2n[nH]c(=O)[nH]2)c2scc(C)c2n1. The van der Waals surface area contributed by atoms with Crippen LogP contribution < -0.4 is 10.6 Å². The maximum absolute atomic E-state index is 11.1. The van der Waals surface area contributed by atoms with Crippen LogP contribution in [0.25, 0.3) is 10.2 Å². The van der Waals surface area contributed by atoms with Crippen molar-refractivity contribution in [1.29, 1.82) is 0 Å². The Hall–Kier alpha value is -2.22. The summed E-state index contributed by atoms with van der Waals surface area (Å²) in [6, 6.07) is 0. The predicted octanol–water partition coefficient (Wildman–Crippen LogP) is 1.61. The molecule has 0 aliphatic carbocycles. The van der Waals surface area contributed by atoms with Crippen LogP contribution in [0.3, 0.4) is 0 Å². The van der Waals surface area contributed by atoms with Gasteiger partial charge < -0.3 is 4.90 Å². The molecule has 0 aliphatic heterocycles. The molecular weight excluding hydrogens is 288 g/mol. The molecule has 110 valence electrons. The number of hydrogen-bond acceptors (Lipinski definition) is 6. The van der Waals surface area contributed by atoms with E-state index in [9.17, 15) is 4.79 Å². The lowest BCUT2D eigenvalue weighted by molar-refractivity contribution is 0.822. The summed E-state index contributed by atoms with van der Waals surface area (Å²) < 4.78 is 1.06. The number of rotatable bonds is 4. The molecule has 0 radical (unpaired) electrons. The summed E-state index contributed by atoms with van der Waals surface area (Å²) in [6.45, 7) is 4.57. The monoisotopic (exact) mass is 304 g/mol. The van der Waals surface area contributed by atoms with Gasteiger partial charge in [0.2, 0.25) is 0 Å². The highest BCUT2D eigenvalue weighted by atomic mass is 32.1. The molecule has 3 aromatic rings. The number of H-pyrrole nitrogens is 2. The van der Waals surface area contributed by atoms with Crippen molar-refractivity contribution >= 4 is 27.4 Å². The summed E-state index contributed by atoms with van der Waals surface area (Å²) >= 11 is 1.64. The van der Waals surface area contributed by atoms with Crippen LogP contribution in [-0.2, 0) is 13.0 Å². The fourth-order valence-electron chi connectivity index (χ4n) is 2.16. The zero-order valence-corrected chi connectivity index (χ0v) is 12.9. The van der Waals surface area contributed by atoms with E-state index in [2.05, 4.69) is 37.5 Å². The highest BCUT2D eigenvalue weighted by Gasteiger charge is 2.15. The van der Waals surface area contributed by atoms with Crippen LogP contribution in [0.1, 0.15) is 24.1 Å². The molecule has 0 aromatic carbocycles. The van der Waals surface area contributed by atoms with Crippen LogP contribution in [0.15, 0.2) is 10.2 Å². The lowest BCUT2D eigenvalue weighted by atomic mass is 10.3. The number of hydrogen-bond donors (Lipinski definition) is 2. The minimum atomic E-state index is -0.299. The molecule has 3 aromatic heterocycles. The molecule has 0 amide bonds. The Balaban J connectivity index is 2.03. The first kappa shape index (κ1) is 13.7. The number of nitrogens with zero attached hydrogens (tertiary/aromatic N) is 4. The first-order chi connectivity index (χ1) is 10.1. The van der Waals surface area contributed by atoms with Crippen LogP contribution in [0.4, 0.5) is 5.82 Å². The van der Waals surface area contributed by atoms with Gasteiger partial charge >= 0.3 is 5.69 Å². The van der Waals surface area contributed by atoms with Crippen molar-refractivity contribution in [3.05, 3.63) is 33.1 Å². The summed E-state index contributed by atoms with van der Waals surface area (Å²) in [7, 11) is 1.93. The largest absolute Gasteiger partial charge is 0.351 e. The Morgan fingerprint density at radius 2 is 2.19 bits per heavy atom. The summed E-state index contributed by atoms with van der Waals surface area (Å²) in [5, 5.41) is 8.40. The van der Waals surface area contributed by atoms with Crippen molar-refractivity contribution in [3.63, 3.8) is 0 Å². The molecule has 2 N–H and O–H groups in total. The van der Waals surface area contributed by atoms with Crippen LogP contribution in [0.5, 0.6) is 0 Å². The molecule has 0 saturated heterocycles. The Bertz CT molecular complexity index is 833. The smallest absolute Gasteiger partial charge is 0.340 e. The molecule has 0 fully saturated rings. The number of nitrogens with one attached hydrogen (secondary N) is 2. The molecule has 7 nitrogen and oxygen atoms in total. The van der Waals surface area contributed by atoms with E-state index in [-0.39, 0.29) is 5.69 Å². The van der Waals surface area contributed by atoms with Gasteiger partial charge in [0, 0.05) is 13.5 Å². The van der Waals surface area contributed by atoms with E-state index in [0.717, 1.165) is 33.8 Å². The van der Waals surface area contributed by atoms with Crippen molar-refractivity contribution in [2.24, 2.45) is 0 Å². The third-order valence-electron chi connectivity index (χ3n) is 3.24. The number of anilines is 1. The number of aromatic amines is 2. The number of aromatic nitrogens is 5. The highest BCUT2D eigenvalue weighted by Crippen LogP contribution is 2.31. The molecule has 3 rings (SSSR count). The number of aryl methyl sites for hydroxylation is 2. The first-order valence-electron chi connectivity index (χ1n) is 6.68. The minimum absolute atomic E-state index is 0.299. The maximum Gasteiger partial charge on any atom is 0.340 e. The Labute approximate surface area is 125 Å². The van der Waals surface area contributed by atoms with Gasteiger partial charge in [0.05, 0.1) is 16.8 Å². The minimum Gasteiger partial charge on any atom is -0.351 e. The quantitative estimate of drug-likeness (QED) is 0.764. The second-order valence-corrected chi connectivity index (χ2v) is 5.77. The molecule has 21 heavy (non-hydrogen) atoms. The third-order valence-corrected chi connectivity index (χ3v) is 4.32. The van der Waals surface area contributed by atoms with Crippen molar-refractivity contribution < 1.29 is 0 Å². The Morgan fingerprint density at radius 1 is 1.38 bits per heavy atom. The maximum atomic E-state index is 11.1. The van der Waals surface area contributed by atoms with Gasteiger partial charge in [-0.05, 0) is 17.9 Å². The summed E-state index contributed by atoms with van der Waals surface area (Å²) in [4.78, 5) is 25.0. The van der Waals surface area contributed by atoms with E-state index in [1.807, 2.05) is 18.9 Å². The Kier molecular flexibility index (Phi) is 3.46. The number of fused-ring (bicyclic) bond motifs is 1. The molecule has 0 saturated carbocycles. The van der Waals surface area contributed by atoms with Crippen molar-refractivity contribution in [1.82, 2.24) is 25.1 Å². The van der Waals surface area contributed by atoms with Gasteiger partial charge in [-0.25, -0.2) is 19.9 Å². The second-order valence-electron chi connectivity index (χ2n) is 4.89. The standard InChI is InChI=1S/C13H16N6OS/c1-4-8-14-10-7(2)6-21-11(10)12(15-8)19(3)5-9-16-13(20)18-17-9/h6H,4-5H2,1-3H3,(H2,16,17,18,20). The van der Waals surface area contributed by atoms with Gasteiger partial charge in [0.25, 0.3) is 0 Å². The van der Waals surface area contributed by atoms with Gasteiger partial charge in [-0.1, -0.05) is 6.92 Å². The van der Waals surface area contributed by atoms with Gasteiger partial charge in [-0.3, -0.25) is 4.98 Å². The molecule has 0 aliphatic rings. The summed E-state index contributed by atoms with van der Waals surface area (Å²) in [6.07, 6.45) is 0.783. The molecule has 8 heteroatoms. The van der Waals surface area contributed by atoms with E-state index < -0.39 is 0 Å². The highest BCUT2D eigenvalue weighted by molar-refractivity contribution is 7.18. The molecular formula is C13H16N6OS. The second kappa shape index (κ2) is 5.28. The van der Waals surface area contributed by atoms with E-state index in [1.54, 1.807) is 11.3 Å². The molecule has 3 heterocycles. The lowest BCUT2D eigenvalue weighted by Crippen LogP contribution is -2.20. The Morgan fingerprint density at radius 3 is 2.86 bits per heavy atom. The normalized spacial score (nSPS) is 11.2. The van der Waals surface area contributed by atoms with Crippen molar-refractivity contribution in [3.8, 4) is 0 Å². The number of thiophene rings is 1. The average Bonchev–Trinajstić information content (AvgIpc) is 3.04. The van der Waals surface area contributed by atoms with E-state index in [1.165, 1.54) is 0 Å². The van der Waals surface area contributed by atoms with Gasteiger partial charge in [-0.2, -0.15) is 5.10 Å². The van der Waals surface area contributed by atoms with E-state index in [0.29, 0.717) is 12.4 Å². The third kappa shape index (κ3) is 2.54. The van der Waals surface area contributed by atoms with E-state index in [4.69, 9.17) is 0 Å². The topological polar surface area (TPSA) is 90.6 Å². The summed E-state index contributed by atoms with van der Waals surface area (Å²) in [5.41, 5.74) is 1.87. The van der Waals surface area contributed by atoms with Crippen LogP contribution >= 0.6 is 11.3 Å². The van der Waals surface area contributed by atoms with Gasteiger partial charge in [0.1, 0.15) is 11.6 Å². The molecule has 0 spiro atoms. The van der Waals surface area contributed by atoms with Crippen molar-refractivity contribution in [2.75, 3.05) is 11.9 Å². The fraction of sp³-hybridized carbons (Fsp3) is 0.385. The molecule has 0 unspecified atom stereocenters. The first-order valence-corrected chi connectivity index (χ1v) is 7.56. The van der Waals surface area contributed by atoms with Crippen LogP contribution in [-0.4, -0.2) is 32.2 Å². The van der Waals surface area contributed by atoms with Gasteiger partial charge in [0.15, 0.2) is 5.82 Å². The zero-order chi connectivity index (χ0) is 15.0. The van der Waals surface area contributed by atoms with Crippen LogP contribution in [0.2, 0.25) is 0 Å². The molecule has 0 atom stereocenters. The lowest BCUT2D eigenvalue weighted by Gasteiger charge is -2.17. The summed E-state index contributed by atoms with van der Waals surface area (Å²) in [5.74, 6) is 2.28.